The number of rotatable bonds is 6. The molecule has 3 aromatic carbocycles. The van der Waals surface area contributed by atoms with Gasteiger partial charge in [0.2, 0.25) is 0 Å². The van der Waals surface area contributed by atoms with E-state index in [0.717, 1.165) is 38.4 Å². The molecule has 0 radical (unpaired) electrons. The van der Waals surface area contributed by atoms with E-state index in [2.05, 4.69) is 16.4 Å². The standard InChI is InChI=1S/C27H23FN2OS/c1-18-6-7-23(16-26(18)32-2)27(31)30-17-25-15-22(12-13-29-25)21-5-3-4-20(14-21)19-8-10-24(28)11-9-19/h3-16H,17H2,1-2H3,(H,30,31). The second-order valence-corrected chi connectivity index (χ2v) is 8.34. The molecule has 0 fully saturated rings. The summed E-state index contributed by atoms with van der Waals surface area (Å²) >= 11 is 1.63. The van der Waals surface area contributed by atoms with Crippen molar-refractivity contribution < 1.29 is 9.18 Å². The average molecular weight is 443 g/mol. The molecule has 0 aliphatic carbocycles. The number of hydrogen-bond acceptors (Lipinski definition) is 3. The van der Waals surface area contributed by atoms with Crippen LogP contribution in [0.3, 0.4) is 0 Å². The van der Waals surface area contributed by atoms with Crippen LogP contribution < -0.4 is 5.32 Å². The Balaban J connectivity index is 1.50. The number of nitrogens with zero attached hydrogens (tertiary/aromatic N) is 1. The van der Waals surface area contributed by atoms with Crippen molar-refractivity contribution in [3.63, 3.8) is 0 Å². The van der Waals surface area contributed by atoms with Gasteiger partial charge in [-0.3, -0.25) is 9.78 Å². The monoisotopic (exact) mass is 442 g/mol. The Bertz CT molecular complexity index is 1250. The van der Waals surface area contributed by atoms with Gasteiger partial charge in [0.15, 0.2) is 0 Å². The number of aromatic nitrogens is 1. The van der Waals surface area contributed by atoms with Crippen LogP contribution in [0.2, 0.25) is 0 Å². The molecule has 0 saturated carbocycles. The Morgan fingerprint density at radius 1 is 0.906 bits per heavy atom. The quantitative estimate of drug-likeness (QED) is 0.346. The van der Waals surface area contributed by atoms with Gasteiger partial charge in [-0.05, 0) is 83.5 Å². The van der Waals surface area contributed by atoms with Gasteiger partial charge >= 0.3 is 0 Å². The molecule has 1 amide bonds. The van der Waals surface area contributed by atoms with Crippen LogP contribution in [0.1, 0.15) is 21.6 Å². The zero-order valence-corrected chi connectivity index (χ0v) is 18.7. The average Bonchev–Trinajstić information content (AvgIpc) is 2.83. The number of nitrogens with one attached hydrogen (secondary N) is 1. The number of hydrogen-bond donors (Lipinski definition) is 1. The van der Waals surface area contributed by atoms with Crippen molar-refractivity contribution in [3.8, 4) is 22.3 Å². The zero-order chi connectivity index (χ0) is 22.5. The molecule has 0 spiro atoms. The fourth-order valence-corrected chi connectivity index (χ4v) is 4.14. The molecule has 0 aliphatic rings. The summed E-state index contributed by atoms with van der Waals surface area (Å²) in [6.07, 6.45) is 3.75. The third kappa shape index (κ3) is 5.06. The summed E-state index contributed by atoms with van der Waals surface area (Å²) in [5.74, 6) is -0.369. The van der Waals surface area contributed by atoms with E-state index in [0.29, 0.717) is 12.1 Å². The maximum atomic E-state index is 13.2. The van der Waals surface area contributed by atoms with Crippen LogP contribution in [0.15, 0.2) is 90.0 Å². The second kappa shape index (κ2) is 9.79. The molecule has 5 heteroatoms. The molecule has 0 aliphatic heterocycles. The van der Waals surface area contributed by atoms with E-state index in [4.69, 9.17) is 0 Å². The molecule has 1 heterocycles. The Kier molecular flexibility index (Phi) is 6.66. The SMILES string of the molecule is CSc1cc(C(=O)NCc2cc(-c3cccc(-c4ccc(F)cc4)c3)ccn2)ccc1C. The van der Waals surface area contributed by atoms with Crippen LogP contribution in [0, 0.1) is 12.7 Å². The molecule has 4 aromatic rings. The van der Waals surface area contributed by atoms with Crippen molar-refractivity contribution in [2.75, 3.05) is 6.26 Å². The van der Waals surface area contributed by atoms with E-state index in [1.807, 2.05) is 61.7 Å². The third-order valence-electron chi connectivity index (χ3n) is 5.29. The minimum Gasteiger partial charge on any atom is -0.346 e. The van der Waals surface area contributed by atoms with Gasteiger partial charge in [-0.25, -0.2) is 4.39 Å². The molecule has 4 rings (SSSR count). The first-order chi connectivity index (χ1) is 15.5. The molecular weight excluding hydrogens is 419 g/mol. The van der Waals surface area contributed by atoms with Crippen molar-refractivity contribution in [1.82, 2.24) is 10.3 Å². The molecule has 3 nitrogen and oxygen atoms in total. The van der Waals surface area contributed by atoms with Gasteiger partial charge in [0, 0.05) is 16.7 Å². The predicted octanol–water partition coefficient (Wildman–Crippen LogP) is 6.52. The van der Waals surface area contributed by atoms with Crippen LogP contribution in [0.25, 0.3) is 22.3 Å². The molecule has 1 aromatic heterocycles. The number of amides is 1. The lowest BCUT2D eigenvalue weighted by Crippen LogP contribution is -2.23. The normalized spacial score (nSPS) is 10.7. The van der Waals surface area contributed by atoms with Crippen molar-refractivity contribution in [2.45, 2.75) is 18.4 Å². The number of carbonyl (C=O) groups is 1. The van der Waals surface area contributed by atoms with Crippen molar-refractivity contribution in [2.24, 2.45) is 0 Å². The third-order valence-corrected chi connectivity index (χ3v) is 6.17. The molecule has 0 saturated heterocycles. The highest BCUT2D eigenvalue weighted by atomic mass is 32.2. The summed E-state index contributed by atoms with van der Waals surface area (Å²) in [5, 5.41) is 2.96. The minimum absolute atomic E-state index is 0.120. The van der Waals surface area contributed by atoms with Crippen LogP contribution in [0.5, 0.6) is 0 Å². The van der Waals surface area contributed by atoms with Gasteiger partial charge in [-0.2, -0.15) is 0 Å². The summed E-state index contributed by atoms with van der Waals surface area (Å²) < 4.78 is 13.2. The van der Waals surface area contributed by atoms with E-state index in [1.54, 1.807) is 30.1 Å². The summed E-state index contributed by atoms with van der Waals surface area (Å²) in [4.78, 5) is 18.1. The molecule has 0 bridgehead atoms. The van der Waals surface area contributed by atoms with Crippen LogP contribution in [-0.4, -0.2) is 17.1 Å². The van der Waals surface area contributed by atoms with Gasteiger partial charge in [-0.1, -0.05) is 36.4 Å². The summed E-state index contributed by atoms with van der Waals surface area (Å²) in [5.41, 5.74) is 6.59. The molecule has 160 valence electrons. The fraction of sp³-hybridized carbons (Fsp3) is 0.111. The Hall–Kier alpha value is -3.44. The number of thioether (sulfide) groups is 1. The Morgan fingerprint density at radius 3 is 2.38 bits per heavy atom. The van der Waals surface area contributed by atoms with Crippen LogP contribution in [0.4, 0.5) is 4.39 Å². The Labute approximate surface area is 191 Å². The highest BCUT2D eigenvalue weighted by Crippen LogP contribution is 2.27. The minimum atomic E-state index is -0.249. The summed E-state index contributed by atoms with van der Waals surface area (Å²) in [6.45, 7) is 2.38. The van der Waals surface area contributed by atoms with Gasteiger partial charge in [-0.15, -0.1) is 11.8 Å². The first kappa shape index (κ1) is 21.8. The number of benzene rings is 3. The molecule has 0 atom stereocenters. The van der Waals surface area contributed by atoms with Gasteiger partial charge in [0.1, 0.15) is 5.82 Å². The van der Waals surface area contributed by atoms with E-state index < -0.39 is 0 Å². The predicted molar refractivity (Wildman–Crippen MR) is 129 cm³/mol. The van der Waals surface area contributed by atoms with Crippen molar-refractivity contribution >= 4 is 17.7 Å². The highest BCUT2D eigenvalue weighted by molar-refractivity contribution is 7.98. The molecule has 32 heavy (non-hydrogen) atoms. The molecule has 0 unspecified atom stereocenters. The lowest BCUT2D eigenvalue weighted by Gasteiger charge is -2.10. The topological polar surface area (TPSA) is 42.0 Å². The van der Waals surface area contributed by atoms with E-state index in [1.165, 1.54) is 12.1 Å². The van der Waals surface area contributed by atoms with Gasteiger partial charge in [0.25, 0.3) is 5.91 Å². The molecule has 1 N–H and O–H groups in total. The van der Waals surface area contributed by atoms with Crippen molar-refractivity contribution in [1.29, 1.82) is 0 Å². The number of carbonyl (C=O) groups excluding carboxylic acids is 1. The first-order valence-corrected chi connectivity index (χ1v) is 11.5. The van der Waals surface area contributed by atoms with E-state index in [9.17, 15) is 9.18 Å². The van der Waals surface area contributed by atoms with Crippen LogP contribution in [-0.2, 0) is 6.54 Å². The van der Waals surface area contributed by atoms with Gasteiger partial charge < -0.3 is 5.32 Å². The maximum Gasteiger partial charge on any atom is 0.251 e. The lowest BCUT2D eigenvalue weighted by atomic mass is 9.99. The lowest BCUT2D eigenvalue weighted by molar-refractivity contribution is 0.0950. The van der Waals surface area contributed by atoms with Crippen LogP contribution >= 0.6 is 11.8 Å². The first-order valence-electron chi connectivity index (χ1n) is 10.3. The van der Waals surface area contributed by atoms with Gasteiger partial charge in [0.05, 0.1) is 12.2 Å². The molecular formula is C27H23FN2OS. The largest absolute Gasteiger partial charge is 0.346 e. The van der Waals surface area contributed by atoms with E-state index >= 15 is 0 Å². The summed E-state index contributed by atoms with van der Waals surface area (Å²) in [6, 6.07) is 24.2. The fourth-order valence-electron chi connectivity index (χ4n) is 3.51. The number of pyridine rings is 1. The van der Waals surface area contributed by atoms with E-state index in [-0.39, 0.29) is 11.7 Å². The second-order valence-electron chi connectivity index (χ2n) is 7.49. The smallest absolute Gasteiger partial charge is 0.251 e. The highest BCUT2D eigenvalue weighted by Gasteiger charge is 2.09. The Morgan fingerprint density at radius 2 is 1.62 bits per heavy atom. The number of halogens is 1. The maximum absolute atomic E-state index is 13.2. The summed E-state index contributed by atoms with van der Waals surface area (Å²) in [7, 11) is 0. The zero-order valence-electron chi connectivity index (χ0n) is 17.9. The number of aryl methyl sites for hydroxylation is 1. The van der Waals surface area contributed by atoms with Crippen molar-refractivity contribution in [3.05, 3.63) is 108 Å².